The second-order valence-electron chi connectivity index (χ2n) is 2.23. The average Bonchev–Trinajstić information content (AvgIpc) is 1.90. The summed E-state index contributed by atoms with van der Waals surface area (Å²) in [5.41, 5.74) is 1.36. The molecule has 0 saturated heterocycles. The third-order valence-electron chi connectivity index (χ3n) is 1.25. The Bertz CT molecular complexity index is 138. The van der Waals surface area contributed by atoms with E-state index in [1.54, 1.807) is 0 Å². The molecule has 10 heavy (non-hydrogen) atoms. The lowest BCUT2D eigenvalue weighted by molar-refractivity contribution is 0.926. The van der Waals surface area contributed by atoms with Crippen LogP contribution in [0, 0.1) is 0 Å². The predicted octanol–water partition coefficient (Wildman–Crippen LogP) is 3.48. The highest BCUT2D eigenvalue weighted by Crippen LogP contribution is 2.05. The normalized spacial score (nSPS) is 12.4. The Kier molecular flexibility index (Phi) is 5.85. The Morgan fingerprint density at radius 2 is 2.20 bits per heavy atom. The van der Waals surface area contributed by atoms with Crippen LogP contribution in [0.2, 0.25) is 0 Å². The summed E-state index contributed by atoms with van der Waals surface area (Å²) in [5, 5.41) is 0. The van der Waals surface area contributed by atoms with Gasteiger partial charge in [-0.15, -0.1) is 0 Å². The number of hydrogen-bond donors (Lipinski definition) is 0. The lowest BCUT2D eigenvalue weighted by Gasteiger charge is -1.95. The topological polar surface area (TPSA) is 0 Å². The molecular weight excluding hydrogens is 120 g/mol. The van der Waals surface area contributed by atoms with Gasteiger partial charge in [0.1, 0.15) is 0 Å². The Balaban J connectivity index is 3.96. The van der Waals surface area contributed by atoms with Gasteiger partial charge in [-0.3, -0.25) is 0 Å². The van der Waals surface area contributed by atoms with Crippen LogP contribution in [0.15, 0.2) is 36.5 Å². The molecule has 0 fully saturated rings. The third kappa shape index (κ3) is 4.13. The van der Waals surface area contributed by atoms with Crippen LogP contribution in [0.25, 0.3) is 0 Å². The van der Waals surface area contributed by atoms with E-state index in [-0.39, 0.29) is 0 Å². The molecule has 0 amide bonds. The summed E-state index contributed by atoms with van der Waals surface area (Å²) in [4.78, 5) is 0. The molecule has 0 aromatic rings. The maximum Gasteiger partial charge on any atom is -0.0282 e. The predicted molar refractivity (Wildman–Crippen MR) is 48.0 cm³/mol. The first-order valence-electron chi connectivity index (χ1n) is 3.79. The molecule has 0 nitrogen and oxygen atoms in total. The Labute approximate surface area is 64.0 Å². The maximum absolute atomic E-state index is 3.65. The smallest absolute Gasteiger partial charge is 0.0282 e. The van der Waals surface area contributed by atoms with E-state index < -0.39 is 0 Å². The van der Waals surface area contributed by atoms with Crippen molar-refractivity contribution >= 4 is 0 Å². The first kappa shape index (κ1) is 9.22. The van der Waals surface area contributed by atoms with E-state index >= 15 is 0 Å². The van der Waals surface area contributed by atoms with Gasteiger partial charge in [-0.1, -0.05) is 44.2 Å². The van der Waals surface area contributed by atoms with Gasteiger partial charge in [0.25, 0.3) is 0 Å². The molecule has 0 bridgehead atoms. The second kappa shape index (κ2) is 6.34. The van der Waals surface area contributed by atoms with E-state index in [1.165, 1.54) is 12.0 Å². The summed E-state index contributed by atoms with van der Waals surface area (Å²) in [7, 11) is 0. The monoisotopic (exact) mass is 136 g/mol. The van der Waals surface area contributed by atoms with Crippen LogP contribution in [0.3, 0.4) is 0 Å². The van der Waals surface area contributed by atoms with Gasteiger partial charge >= 0.3 is 0 Å². The molecule has 0 saturated carbocycles. The van der Waals surface area contributed by atoms with Gasteiger partial charge in [-0.25, -0.2) is 0 Å². The molecular formula is C10H16. The molecule has 0 aromatic carbocycles. The third-order valence-corrected chi connectivity index (χ3v) is 1.25. The molecule has 0 radical (unpaired) electrons. The van der Waals surface area contributed by atoms with E-state index in [1.807, 2.05) is 13.0 Å². The molecule has 0 heterocycles. The van der Waals surface area contributed by atoms with Crippen LogP contribution in [0.4, 0.5) is 0 Å². The highest BCUT2D eigenvalue weighted by Gasteiger charge is 1.85. The molecule has 0 aliphatic carbocycles. The van der Waals surface area contributed by atoms with Crippen molar-refractivity contribution in [1.82, 2.24) is 0 Å². The number of hydrogen-bond acceptors (Lipinski definition) is 0. The Morgan fingerprint density at radius 1 is 1.50 bits per heavy atom. The Morgan fingerprint density at radius 3 is 2.60 bits per heavy atom. The molecule has 0 aliphatic rings. The quantitative estimate of drug-likeness (QED) is 0.519. The second-order valence-corrected chi connectivity index (χ2v) is 2.23. The molecule has 0 N–H and O–H groups in total. The van der Waals surface area contributed by atoms with Gasteiger partial charge < -0.3 is 0 Å². The first-order chi connectivity index (χ1) is 4.85. The summed E-state index contributed by atoms with van der Waals surface area (Å²) in [5.74, 6) is 0. The fraction of sp³-hybridized carbons (Fsp3) is 0.400. The fourth-order valence-electron chi connectivity index (χ4n) is 0.876. The highest BCUT2D eigenvalue weighted by atomic mass is 13.9. The van der Waals surface area contributed by atoms with Gasteiger partial charge in [0.15, 0.2) is 0 Å². The van der Waals surface area contributed by atoms with Gasteiger partial charge in [0.05, 0.1) is 0 Å². The van der Waals surface area contributed by atoms with Crippen molar-refractivity contribution in [2.24, 2.45) is 0 Å². The van der Waals surface area contributed by atoms with E-state index in [0.717, 1.165) is 6.42 Å². The maximum atomic E-state index is 3.65. The van der Waals surface area contributed by atoms with Gasteiger partial charge in [0.2, 0.25) is 0 Å². The summed E-state index contributed by atoms with van der Waals surface area (Å²) in [6.45, 7) is 7.87. The summed E-state index contributed by atoms with van der Waals surface area (Å²) in [6, 6.07) is 0. The van der Waals surface area contributed by atoms with Crippen LogP contribution in [-0.4, -0.2) is 0 Å². The largest absolute Gasteiger partial charge is 0.0991 e. The van der Waals surface area contributed by atoms with E-state index in [2.05, 4.69) is 31.7 Å². The van der Waals surface area contributed by atoms with Crippen molar-refractivity contribution in [2.45, 2.75) is 26.7 Å². The minimum Gasteiger partial charge on any atom is -0.0991 e. The lowest BCUT2D eigenvalue weighted by atomic mass is 10.1. The molecule has 0 aliphatic heterocycles. The number of allylic oxidation sites excluding steroid dienone is 5. The van der Waals surface area contributed by atoms with Gasteiger partial charge in [-0.05, 0) is 18.9 Å². The lowest BCUT2D eigenvalue weighted by Crippen LogP contribution is -1.75. The van der Waals surface area contributed by atoms with Crippen molar-refractivity contribution in [3.63, 3.8) is 0 Å². The zero-order valence-corrected chi connectivity index (χ0v) is 6.93. The van der Waals surface area contributed by atoms with Gasteiger partial charge in [-0.2, -0.15) is 0 Å². The van der Waals surface area contributed by atoms with Crippen LogP contribution in [-0.2, 0) is 0 Å². The molecule has 0 unspecified atom stereocenters. The van der Waals surface area contributed by atoms with Crippen molar-refractivity contribution in [3.05, 3.63) is 36.5 Å². The average molecular weight is 136 g/mol. The van der Waals surface area contributed by atoms with Crippen molar-refractivity contribution in [1.29, 1.82) is 0 Å². The molecule has 0 rings (SSSR count). The molecule has 0 heteroatoms. The molecule has 0 atom stereocenters. The van der Waals surface area contributed by atoms with E-state index in [4.69, 9.17) is 0 Å². The molecule has 0 spiro atoms. The number of rotatable bonds is 4. The fourth-order valence-corrected chi connectivity index (χ4v) is 0.876. The molecule has 0 aromatic heterocycles. The minimum absolute atomic E-state index is 1.15. The summed E-state index contributed by atoms with van der Waals surface area (Å²) >= 11 is 0. The summed E-state index contributed by atoms with van der Waals surface area (Å²) < 4.78 is 0. The SMILES string of the molecule is C=CC=C(C=CC)CCC. The summed E-state index contributed by atoms with van der Waals surface area (Å²) in [6.07, 6.45) is 10.4. The Hall–Kier alpha value is -0.780. The van der Waals surface area contributed by atoms with Crippen LogP contribution in [0.1, 0.15) is 26.7 Å². The van der Waals surface area contributed by atoms with Crippen LogP contribution < -0.4 is 0 Å². The van der Waals surface area contributed by atoms with Crippen molar-refractivity contribution < 1.29 is 0 Å². The van der Waals surface area contributed by atoms with E-state index in [9.17, 15) is 0 Å². The van der Waals surface area contributed by atoms with Gasteiger partial charge in [0, 0.05) is 0 Å². The zero-order chi connectivity index (χ0) is 7.82. The van der Waals surface area contributed by atoms with Crippen molar-refractivity contribution in [2.75, 3.05) is 0 Å². The first-order valence-corrected chi connectivity index (χ1v) is 3.79. The van der Waals surface area contributed by atoms with Crippen LogP contribution >= 0.6 is 0 Å². The zero-order valence-electron chi connectivity index (χ0n) is 6.93. The highest BCUT2D eigenvalue weighted by molar-refractivity contribution is 5.22. The van der Waals surface area contributed by atoms with Crippen LogP contribution in [0.5, 0.6) is 0 Å². The van der Waals surface area contributed by atoms with Crippen molar-refractivity contribution in [3.8, 4) is 0 Å². The minimum atomic E-state index is 1.15. The standard InChI is InChI=1S/C10H16/c1-4-7-10(8-5-2)9-6-3/h4-5,7-8H,1,6,9H2,2-3H3. The molecule has 56 valence electrons. The van der Waals surface area contributed by atoms with E-state index in [0.29, 0.717) is 0 Å².